The van der Waals surface area contributed by atoms with Crippen molar-refractivity contribution in [3.63, 3.8) is 0 Å². The first-order valence-corrected chi connectivity index (χ1v) is 6.75. The molecule has 1 fully saturated rings. The van der Waals surface area contributed by atoms with Crippen LogP contribution in [0.1, 0.15) is 32.1 Å². The lowest BCUT2D eigenvalue weighted by molar-refractivity contribution is -0.130. The average molecular weight is 219 g/mol. The van der Waals surface area contributed by atoms with Gasteiger partial charge in [0.2, 0.25) is 15.9 Å². The molecule has 0 atom stereocenters. The molecular weight excluding hydrogens is 202 g/mol. The van der Waals surface area contributed by atoms with Crippen LogP contribution in [0.3, 0.4) is 0 Å². The fourth-order valence-corrected chi connectivity index (χ4v) is 2.25. The lowest BCUT2D eigenvalue weighted by atomic mass is 9.89. The first-order chi connectivity index (χ1) is 6.43. The minimum absolute atomic E-state index is 0.0801. The molecule has 1 rings (SSSR count). The van der Waals surface area contributed by atoms with Crippen molar-refractivity contribution in [2.24, 2.45) is 5.92 Å². The minimum Gasteiger partial charge on any atom is -0.274 e. The Morgan fingerprint density at radius 1 is 1.21 bits per heavy atom. The van der Waals surface area contributed by atoms with Gasteiger partial charge in [0.05, 0.1) is 6.26 Å². The third kappa shape index (κ3) is 2.70. The second-order valence-electron chi connectivity index (χ2n) is 3.90. The summed E-state index contributed by atoms with van der Waals surface area (Å²) in [5, 5.41) is 0. The number of hydrogen-bond acceptors (Lipinski definition) is 3. The molecule has 0 N–H and O–H groups in total. The molecule has 0 aromatic carbocycles. The first kappa shape index (κ1) is 11.5. The summed E-state index contributed by atoms with van der Waals surface area (Å²) in [4.78, 5) is 11.7. The van der Waals surface area contributed by atoms with E-state index in [1.165, 1.54) is 7.05 Å². The van der Waals surface area contributed by atoms with E-state index in [1.807, 2.05) is 0 Å². The molecule has 0 aliphatic heterocycles. The quantitative estimate of drug-likeness (QED) is 0.695. The molecule has 4 nitrogen and oxygen atoms in total. The van der Waals surface area contributed by atoms with Crippen molar-refractivity contribution in [3.05, 3.63) is 0 Å². The predicted molar refractivity (Wildman–Crippen MR) is 54.2 cm³/mol. The van der Waals surface area contributed by atoms with Gasteiger partial charge in [-0.05, 0) is 12.8 Å². The third-order valence-corrected chi connectivity index (χ3v) is 3.94. The number of carbonyl (C=O) groups excluding carboxylic acids is 1. The van der Waals surface area contributed by atoms with E-state index >= 15 is 0 Å². The van der Waals surface area contributed by atoms with Crippen LogP contribution in [0.4, 0.5) is 0 Å². The maximum Gasteiger partial charge on any atom is 0.238 e. The molecule has 82 valence electrons. The van der Waals surface area contributed by atoms with Gasteiger partial charge in [0, 0.05) is 13.0 Å². The highest BCUT2D eigenvalue weighted by molar-refractivity contribution is 7.88. The van der Waals surface area contributed by atoms with Crippen LogP contribution in [-0.4, -0.2) is 31.9 Å². The minimum atomic E-state index is -3.37. The SMILES string of the molecule is CN(C(=O)C1CCCCC1)S(C)(=O)=O. The van der Waals surface area contributed by atoms with Crippen LogP contribution in [0, 0.1) is 5.92 Å². The fourth-order valence-electron chi connectivity index (χ4n) is 1.77. The number of amides is 1. The van der Waals surface area contributed by atoms with Crippen LogP contribution in [0.2, 0.25) is 0 Å². The average Bonchev–Trinajstić information content (AvgIpc) is 2.15. The van der Waals surface area contributed by atoms with E-state index in [1.54, 1.807) is 0 Å². The number of carbonyl (C=O) groups is 1. The highest BCUT2D eigenvalue weighted by Crippen LogP contribution is 2.25. The van der Waals surface area contributed by atoms with Gasteiger partial charge in [0.25, 0.3) is 0 Å². The van der Waals surface area contributed by atoms with Gasteiger partial charge in [-0.3, -0.25) is 4.79 Å². The van der Waals surface area contributed by atoms with Gasteiger partial charge < -0.3 is 0 Å². The summed E-state index contributed by atoms with van der Waals surface area (Å²) in [5.74, 6) is -0.323. The predicted octanol–water partition coefficient (Wildman–Crippen LogP) is 0.985. The second kappa shape index (κ2) is 4.29. The molecule has 0 radical (unpaired) electrons. The lowest BCUT2D eigenvalue weighted by Gasteiger charge is -2.24. The number of rotatable bonds is 2. The Balaban J connectivity index is 2.64. The standard InChI is InChI=1S/C9H17NO3S/c1-10(14(2,12)13)9(11)8-6-4-3-5-7-8/h8H,3-7H2,1-2H3. The topological polar surface area (TPSA) is 54.5 Å². The van der Waals surface area contributed by atoms with Crippen molar-refractivity contribution < 1.29 is 13.2 Å². The number of sulfonamides is 1. The molecule has 1 aliphatic carbocycles. The van der Waals surface area contributed by atoms with E-state index in [9.17, 15) is 13.2 Å². The van der Waals surface area contributed by atoms with Crippen LogP contribution in [0.15, 0.2) is 0 Å². The van der Waals surface area contributed by atoms with Gasteiger partial charge in [-0.15, -0.1) is 0 Å². The zero-order chi connectivity index (χ0) is 10.8. The summed E-state index contributed by atoms with van der Waals surface area (Å²) in [6.07, 6.45) is 5.96. The summed E-state index contributed by atoms with van der Waals surface area (Å²) in [7, 11) is -2.03. The van der Waals surface area contributed by atoms with E-state index < -0.39 is 10.0 Å². The summed E-state index contributed by atoms with van der Waals surface area (Å²) >= 11 is 0. The van der Waals surface area contributed by atoms with E-state index in [-0.39, 0.29) is 11.8 Å². The van der Waals surface area contributed by atoms with Crippen molar-refractivity contribution in [3.8, 4) is 0 Å². The van der Waals surface area contributed by atoms with Gasteiger partial charge in [-0.2, -0.15) is 0 Å². The zero-order valence-corrected chi connectivity index (χ0v) is 9.51. The van der Waals surface area contributed by atoms with Crippen molar-refractivity contribution in [2.45, 2.75) is 32.1 Å². The molecule has 5 heteroatoms. The van der Waals surface area contributed by atoms with E-state index in [0.717, 1.165) is 42.7 Å². The van der Waals surface area contributed by atoms with Gasteiger partial charge in [0.15, 0.2) is 0 Å². The molecule has 0 spiro atoms. The maximum absolute atomic E-state index is 11.7. The highest BCUT2D eigenvalue weighted by Gasteiger charge is 2.27. The van der Waals surface area contributed by atoms with E-state index in [4.69, 9.17) is 0 Å². The fraction of sp³-hybridized carbons (Fsp3) is 0.889. The molecule has 1 saturated carbocycles. The van der Waals surface area contributed by atoms with Crippen LogP contribution >= 0.6 is 0 Å². The van der Waals surface area contributed by atoms with Gasteiger partial charge in [-0.25, -0.2) is 12.7 Å². The van der Waals surface area contributed by atoms with Crippen LogP contribution < -0.4 is 0 Å². The summed E-state index contributed by atoms with van der Waals surface area (Å²) in [6.45, 7) is 0. The van der Waals surface area contributed by atoms with Crippen molar-refractivity contribution in [1.82, 2.24) is 4.31 Å². The number of hydrogen-bond donors (Lipinski definition) is 0. The number of nitrogens with zero attached hydrogens (tertiary/aromatic N) is 1. The lowest BCUT2D eigenvalue weighted by Crippen LogP contribution is -2.37. The van der Waals surface area contributed by atoms with Gasteiger partial charge in [0.1, 0.15) is 0 Å². The maximum atomic E-state index is 11.7. The molecule has 0 aromatic rings. The Morgan fingerprint density at radius 3 is 2.14 bits per heavy atom. The van der Waals surface area contributed by atoms with Crippen LogP contribution in [-0.2, 0) is 14.8 Å². The third-order valence-electron chi connectivity index (χ3n) is 2.76. The Morgan fingerprint density at radius 2 is 1.71 bits per heavy atom. The monoisotopic (exact) mass is 219 g/mol. The van der Waals surface area contributed by atoms with Gasteiger partial charge in [-0.1, -0.05) is 19.3 Å². The molecule has 1 aliphatic rings. The Hall–Kier alpha value is -0.580. The Bertz CT molecular complexity index is 304. The Kier molecular flexibility index (Phi) is 3.53. The van der Waals surface area contributed by atoms with E-state index in [2.05, 4.69) is 0 Å². The molecule has 14 heavy (non-hydrogen) atoms. The molecule has 0 aromatic heterocycles. The molecule has 0 heterocycles. The summed E-state index contributed by atoms with van der Waals surface area (Å²) in [5.41, 5.74) is 0. The van der Waals surface area contributed by atoms with Gasteiger partial charge >= 0.3 is 0 Å². The summed E-state index contributed by atoms with van der Waals surface area (Å²) in [6, 6.07) is 0. The Labute approximate surface area is 85.3 Å². The normalized spacial score (nSPS) is 19.3. The molecular formula is C9H17NO3S. The smallest absolute Gasteiger partial charge is 0.238 e. The largest absolute Gasteiger partial charge is 0.274 e. The molecule has 0 saturated heterocycles. The first-order valence-electron chi connectivity index (χ1n) is 4.90. The molecule has 0 unspecified atom stereocenters. The molecule has 1 amide bonds. The van der Waals surface area contributed by atoms with Crippen LogP contribution in [0.25, 0.3) is 0 Å². The van der Waals surface area contributed by atoms with Crippen molar-refractivity contribution >= 4 is 15.9 Å². The summed E-state index contributed by atoms with van der Waals surface area (Å²) < 4.78 is 23.1. The van der Waals surface area contributed by atoms with Crippen LogP contribution in [0.5, 0.6) is 0 Å². The second-order valence-corrected chi connectivity index (χ2v) is 5.92. The molecule has 0 bridgehead atoms. The zero-order valence-electron chi connectivity index (χ0n) is 8.69. The van der Waals surface area contributed by atoms with E-state index in [0.29, 0.717) is 0 Å². The van der Waals surface area contributed by atoms with Crippen molar-refractivity contribution in [2.75, 3.05) is 13.3 Å². The highest BCUT2D eigenvalue weighted by atomic mass is 32.2. The van der Waals surface area contributed by atoms with Crippen molar-refractivity contribution in [1.29, 1.82) is 0 Å².